The number of nitriles is 1. The first kappa shape index (κ1) is 25.7. The lowest BCUT2D eigenvalue weighted by Gasteiger charge is -2.41. The van der Waals surface area contributed by atoms with Crippen molar-refractivity contribution in [3.63, 3.8) is 0 Å². The summed E-state index contributed by atoms with van der Waals surface area (Å²) in [6.45, 7) is 0. The molecule has 0 N–H and O–H groups in total. The summed E-state index contributed by atoms with van der Waals surface area (Å²) in [6.07, 6.45) is -7.64. The standard InChI is InChI=1S/C14H4F15N/c15-8(16,7-3-1-6(5-30)2-4-7)9(17,18)10(19,20)11(21,22)12(23,24)13(25,26)14(27,28)29/h1-4H. The topological polar surface area (TPSA) is 23.8 Å². The van der Waals surface area contributed by atoms with Crippen LogP contribution in [-0.4, -0.2) is 35.8 Å². The van der Waals surface area contributed by atoms with Crippen molar-refractivity contribution in [3.05, 3.63) is 35.4 Å². The lowest BCUT2D eigenvalue weighted by Crippen LogP contribution is -2.72. The van der Waals surface area contributed by atoms with Crippen molar-refractivity contribution < 1.29 is 65.9 Å². The van der Waals surface area contributed by atoms with E-state index < -0.39 is 52.8 Å². The number of nitrogens with zero attached hydrogens (tertiary/aromatic N) is 1. The minimum atomic E-state index is -8.32. The number of halogens is 15. The van der Waals surface area contributed by atoms with Crippen molar-refractivity contribution in [1.82, 2.24) is 0 Å². The quantitative estimate of drug-likeness (QED) is 0.442. The molecule has 0 atom stereocenters. The zero-order valence-electron chi connectivity index (χ0n) is 13.4. The zero-order valence-corrected chi connectivity index (χ0v) is 13.4. The van der Waals surface area contributed by atoms with Gasteiger partial charge in [-0.05, 0) is 12.1 Å². The Bertz CT molecular complexity index is 813. The summed E-state index contributed by atoms with van der Waals surface area (Å²) < 4.78 is 196. The minimum absolute atomic E-state index is 0.177. The van der Waals surface area contributed by atoms with Crippen LogP contribution in [0.2, 0.25) is 0 Å². The summed E-state index contributed by atoms with van der Waals surface area (Å²) in [6, 6.07) is 1.49. The highest BCUT2D eigenvalue weighted by molar-refractivity contribution is 5.35. The molecule has 0 radical (unpaired) electrons. The van der Waals surface area contributed by atoms with Crippen molar-refractivity contribution >= 4 is 0 Å². The highest BCUT2D eigenvalue weighted by Crippen LogP contribution is 2.63. The van der Waals surface area contributed by atoms with Crippen LogP contribution < -0.4 is 0 Å². The second-order valence-corrected chi connectivity index (χ2v) is 5.63. The summed E-state index contributed by atoms with van der Waals surface area (Å²) in [5.74, 6) is -46.8. The molecule has 1 rings (SSSR count). The molecule has 0 saturated heterocycles. The second-order valence-electron chi connectivity index (χ2n) is 5.63. The number of alkyl halides is 15. The van der Waals surface area contributed by atoms with Crippen LogP contribution in [0.1, 0.15) is 11.1 Å². The van der Waals surface area contributed by atoms with Gasteiger partial charge in [0.25, 0.3) is 0 Å². The van der Waals surface area contributed by atoms with Gasteiger partial charge in [-0.25, -0.2) is 0 Å². The molecule has 0 spiro atoms. The van der Waals surface area contributed by atoms with Gasteiger partial charge < -0.3 is 0 Å². The van der Waals surface area contributed by atoms with Crippen LogP contribution in [-0.2, 0) is 5.92 Å². The van der Waals surface area contributed by atoms with Gasteiger partial charge in [0.05, 0.1) is 11.6 Å². The molecular formula is C14H4F15N. The van der Waals surface area contributed by atoms with E-state index in [9.17, 15) is 65.9 Å². The number of rotatable bonds is 6. The van der Waals surface area contributed by atoms with Crippen LogP contribution in [0.15, 0.2) is 24.3 Å². The molecule has 0 heterocycles. The Morgan fingerprint density at radius 3 is 1.17 bits per heavy atom. The van der Waals surface area contributed by atoms with E-state index in [1.54, 1.807) is 0 Å². The molecule has 0 aliphatic heterocycles. The van der Waals surface area contributed by atoms with E-state index in [0.717, 1.165) is 0 Å². The molecule has 0 aliphatic carbocycles. The molecule has 0 bridgehead atoms. The molecular weight excluding hydrogens is 467 g/mol. The predicted octanol–water partition coefficient (Wildman–Crippen LogP) is 6.39. The third-order valence-electron chi connectivity index (χ3n) is 3.70. The molecule has 170 valence electrons. The fraction of sp³-hybridized carbons (Fsp3) is 0.500. The molecule has 0 saturated carbocycles. The van der Waals surface area contributed by atoms with Crippen LogP contribution in [0.4, 0.5) is 65.9 Å². The van der Waals surface area contributed by atoms with E-state index in [-0.39, 0.29) is 12.1 Å². The van der Waals surface area contributed by atoms with Crippen LogP contribution in [0.5, 0.6) is 0 Å². The Labute approximate surface area is 155 Å². The average Bonchev–Trinajstić information content (AvgIpc) is 2.59. The monoisotopic (exact) mass is 471 g/mol. The summed E-state index contributed by atoms with van der Waals surface area (Å²) in [4.78, 5) is 0. The minimum Gasteiger partial charge on any atom is -0.194 e. The number of hydrogen-bond donors (Lipinski definition) is 0. The van der Waals surface area contributed by atoms with Gasteiger partial charge in [-0.1, -0.05) is 12.1 Å². The first-order valence-corrected chi connectivity index (χ1v) is 6.88. The summed E-state index contributed by atoms with van der Waals surface area (Å²) in [5.41, 5.74) is -2.79. The smallest absolute Gasteiger partial charge is 0.194 e. The van der Waals surface area contributed by atoms with Crippen molar-refractivity contribution in [3.8, 4) is 6.07 Å². The van der Waals surface area contributed by atoms with Gasteiger partial charge in [0.2, 0.25) is 0 Å². The lowest BCUT2D eigenvalue weighted by molar-refractivity contribution is -0.453. The Morgan fingerprint density at radius 1 is 0.500 bits per heavy atom. The average molecular weight is 471 g/mol. The van der Waals surface area contributed by atoms with E-state index in [1.165, 1.54) is 6.07 Å². The number of benzene rings is 1. The van der Waals surface area contributed by atoms with Gasteiger partial charge >= 0.3 is 41.7 Å². The fourth-order valence-electron chi connectivity index (χ4n) is 1.90. The third kappa shape index (κ3) is 3.22. The Morgan fingerprint density at radius 2 is 0.833 bits per heavy atom. The van der Waals surface area contributed by atoms with Crippen LogP contribution >= 0.6 is 0 Å². The van der Waals surface area contributed by atoms with Crippen LogP contribution in [0.3, 0.4) is 0 Å². The van der Waals surface area contributed by atoms with E-state index in [1.807, 2.05) is 0 Å². The Kier molecular flexibility index (Phi) is 5.86. The molecule has 0 aliphatic rings. The van der Waals surface area contributed by atoms with Crippen molar-refractivity contribution in [2.24, 2.45) is 0 Å². The van der Waals surface area contributed by atoms with E-state index in [2.05, 4.69) is 0 Å². The van der Waals surface area contributed by atoms with Crippen LogP contribution in [0, 0.1) is 11.3 Å². The molecule has 0 fully saturated rings. The van der Waals surface area contributed by atoms with Crippen molar-refractivity contribution in [1.29, 1.82) is 5.26 Å². The largest absolute Gasteiger partial charge is 0.460 e. The molecule has 0 amide bonds. The summed E-state index contributed by atoms with van der Waals surface area (Å²) in [7, 11) is 0. The maximum absolute atomic E-state index is 13.8. The Hall–Kier alpha value is -2.34. The van der Waals surface area contributed by atoms with Gasteiger partial charge in [0.1, 0.15) is 0 Å². The molecule has 16 heteroatoms. The maximum atomic E-state index is 13.8. The van der Waals surface area contributed by atoms with Gasteiger partial charge in [-0.15, -0.1) is 0 Å². The lowest BCUT2D eigenvalue weighted by atomic mass is 9.88. The predicted molar refractivity (Wildman–Crippen MR) is 65.8 cm³/mol. The first-order valence-electron chi connectivity index (χ1n) is 6.88. The molecule has 1 aromatic carbocycles. The van der Waals surface area contributed by atoms with E-state index >= 15 is 0 Å². The number of hydrogen-bond acceptors (Lipinski definition) is 1. The second kappa shape index (κ2) is 6.84. The van der Waals surface area contributed by atoms with Gasteiger partial charge in [-0.3, -0.25) is 0 Å². The highest BCUT2D eigenvalue weighted by atomic mass is 19.4. The molecule has 1 nitrogen and oxygen atoms in total. The highest BCUT2D eigenvalue weighted by Gasteiger charge is 2.93. The van der Waals surface area contributed by atoms with Crippen molar-refractivity contribution in [2.75, 3.05) is 0 Å². The van der Waals surface area contributed by atoms with Gasteiger partial charge in [-0.2, -0.15) is 71.1 Å². The van der Waals surface area contributed by atoms with Crippen molar-refractivity contribution in [2.45, 2.75) is 41.7 Å². The molecule has 1 aromatic rings. The summed E-state index contributed by atoms with van der Waals surface area (Å²) >= 11 is 0. The fourth-order valence-corrected chi connectivity index (χ4v) is 1.90. The van der Waals surface area contributed by atoms with E-state index in [4.69, 9.17) is 5.26 Å². The third-order valence-corrected chi connectivity index (χ3v) is 3.70. The molecule has 30 heavy (non-hydrogen) atoms. The van der Waals surface area contributed by atoms with E-state index in [0.29, 0.717) is 12.1 Å². The van der Waals surface area contributed by atoms with Gasteiger partial charge in [0, 0.05) is 5.56 Å². The normalized spacial score (nSPS) is 15.1. The maximum Gasteiger partial charge on any atom is 0.460 e. The summed E-state index contributed by atoms with van der Waals surface area (Å²) in [5, 5.41) is 8.41. The Balaban J connectivity index is 3.63. The molecule has 0 aromatic heterocycles. The molecule has 0 unspecified atom stereocenters. The zero-order chi connectivity index (χ0) is 24.2. The first-order chi connectivity index (χ1) is 13.0. The van der Waals surface area contributed by atoms with Gasteiger partial charge in [0.15, 0.2) is 0 Å². The SMILES string of the molecule is N#Cc1ccc(C(F)(F)C(F)(F)C(F)(F)C(F)(F)C(F)(F)C(F)(F)C(F)(F)F)cc1. The van der Waals surface area contributed by atoms with Crippen LogP contribution in [0.25, 0.3) is 0 Å².